The van der Waals surface area contributed by atoms with Crippen LogP contribution in [0.5, 0.6) is 0 Å². The van der Waals surface area contributed by atoms with E-state index in [0.717, 1.165) is 31.7 Å². The molecule has 2 atom stereocenters. The third-order valence-corrected chi connectivity index (χ3v) is 7.67. The lowest BCUT2D eigenvalue weighted by Crippen LogP contribution is -2.50. The summed E-state index contributed by atoms with van der Waals surface area (Å²) in [7, 11) is 1.51. The average Bonchev–Trinajstić information content (AvgIpc) is 3.86. The monoisotopic (exact) mass is 580 g/mol. The van der Waals surface area contributed by atoms with Crippen molar-refractivity contribution in [2.24, 2.45) is 17.8 Å². The predicted molar refractivity (Wildman–Crippen MR) is 145 cm³/mol. The summed E-state index contributed by atoms with van der Waals surface area (Å²) in [6.07, 6.45) is 0.736. The highest BCUT2D eigenvalue weighted by atomic mass is 19.4. The maximum Gasteiger partial charge on any atom is 0.405 e. The summed E-state index contributed by atoms with van der Waals surface area (Å²) in [5.74, 6) is -3.44. The predicted octanol–water partition coefficient (Wildman–Crippen LogP) is 4.60. The molecule has 0 saturated heterocycles. The lowest BCUT2D eigenvalue weighted by molar-refractivity contribution is -0.139. The highest BCUT2D eigenvalue weighted by Gasteiger charge is 2.48. The molecule has 1 aromatic carbocycles. The molecular weight excluding hydrogens is 544 g/mol. The van der Waals surface area contributed by atoms with Crippen molar-refractivity contribution < 1.29 is 31.9 Å². The van der Waals surface area contributed by atoms with Crippen LogP contribution in [0.1, 0.15) is 74.5 Å². The molecule has 4 N–H and O–H groups in total. The Labute approximate surface area is 235 Å². The fraction of sp³-hybridized carbons (Fsp3) is 0.571. The van der Waals surface area contributed by atoms with E-state index in [2.05, 4.69) is 21.0 Å². The Hall–Kier alpha value is -3.64. The first kappa shape index (κ1) is 30.3. The fourth-order valence-electron chi connectivity index (χ4n) is 5.30. The van der Waals surface area contributed by atoms with Gasteiger partial charge in [-0.25, -0.2) is 4.39 Å². The van der Waals surface area contributed by atoms with Crippen LogP contribution in [0.4, 0.5) is 28.9 Å². The van der Waals surface area contributed by atoms with E-state index >= 15 is 4.39 Å². The molecule has 1 heterocycles. The minimum atomic E-state index is -4.58. The van der Waals surface area contributed by atoms with Crippen molar-refractivity contribution >= 4 is 29.1 Å². The van der Waals surface area contributed by atoms with Gasteiger partial charge >= 0.3 is 6.18 Å². The van der Waals surface area contributed by atoms with Crippen LogP contribution in [0.15, 0.2) is 24.4 Å². The normalized spacial score (nSPS) is 16.8. The van der Waals surface area contributed by atoms with Gasteiger partial charge in [0.1, 0.15) is 24.1 Å². The minimum absolute atomic E-state index is 0.0776. The average molecular weight is 581 g/mol. The zero-order chi connectivity index (χ0) is 30.1. The minimum Gasteiger partial charge on any atom is -0.388 e. The Balaban J connectivity index is 1.57. The standard InChI is InChI=1S/C28H36F4N6O3/c1-14(2)38-22(9-10-35-38)26(40)37-24(23(16-5-6-16)17-7-8-17)27(41)36-21-12-20(33-4)18(11-19(21)29)15(3)25(39)34-13-28(30,31)32/h9-12,14-17,23-24,33H,5-8,13H2,1-4H3,(H,34,39)(H,36,41)(H,37,40). The number of carbonyl (C=O) groups is 3. The molecule has 13 heteroatoms. The molecule has 224 valence electrons. The second-order valence-corrected chi connectivity index (χ2v) is 11.2. The van der Waals surface area contributed by atoms with Crippen molar-refractivity contribution in [3.63, 3.8) is 0 Å². The third kappa shape index (κ3) is 7.36. The number of amides is 3. The molecule has 0 spiro atoms. The number of alkyl halides is 3. The zero-order valence-electron chi connectivity index (χ0n) is 23.4. The molecule has 0 bridgehead atoms. The summed E-state index contributed by atoms with van der Waals surface area (Å²) < 4.78 is 54.5. The second-order valence-electron chi connectivity index (χ2n) is 11.2. The van der Waals surface area contributed by atoms with Gasteiger partial charge in [-0.2, -0.15) is 18.3 Å². The Morgan fingerprint density at radius 3 is 2.20 bits per heavy atom. The van der Waals surface area contributed by atoms with Gasteiger partial charge in [0.15, 0.2) is 0 Å². The summed E-state index contributed by atoms with van der Waals surface area (Å²) in [5.41, 5.74) is 0.527. The Kier molecular flexibility index (Phi) is 8.93. The lowest BCUT2D eigenvalue weighted by atomic mass is 9.88. The zero-order valence-corrected chi connectivity index (χ0v) is 23.4. The van der Waals surface area contributed by atoms with Crippen molar-refractivity contribution in [2.75, 3.05) is 24.2 Å². The Morgan fingerprint density at radius 2 is 1.66 bits per heavy atom. The van der Waals surface area contributed by atoms with Crippen LogP contribution in [0.3, 0.4) is 0 Å². The number of nitrogens with zero attached hydrogens (tertiary/aromatic N) is 2. The molecule has 2 aliphatic carbocycles. The van der Waals surface area contributed by atoms with Crippen molar-refractivity contribution in [1.29, 1.82) is 0 Å². The number of nitrogens with one attached hydrogen (secondary N) is 4. The van der Waals surface area contributed by atoms with Crippen molar-refractivity contribution in [2.45, 2.75) is 70.6 Å². The molecule has 2 aliphatic rings. The number of anilines is 2. The van der Waals surface area contributed by atoms with Gasteiger partial charge in [0.05, 0.1) is 11.6 Å². The molecule has 2 aromatic rings. The topological polar surface area (TPSA) is 117 Å². The van der Waals surface area contributed by atoms with Gasteiger partial charge < -0.3 is 21.3 Å². The lowest BCUT2D eigenvalue weighted by Gasteiger charge is -2.28. The molecular formula is C28H36F4N6O3. The Morgan fingerprint density at radius 1 is 1.02 bits per heavy atom. The quantitative estimate of drug-likeness (QED) is 0.274. The smallest absolute Gasteiger partial charge is 0.388 e. The van der Waals surface area contributed by atoms with E-state index in [1.54, 1.807) is 10.7 Å². The van der Waals surface area contributed by atoms with Gasteiger partial charge in [0, 0.05) is 25.0 Å². The van der Waals surface area contributed by atoms with Gasteiger partial charge in [-0.05, 0) is 88.0 Å². The molecule has 0 radical (unpaired) electrons. The number of benzene rings is 1. The van der Waals surface area contributed by atoms with E-state index in [1.165, 1.54) is 26.2 Å². The van der Waals surface area contributed by atoms with Crippen LogP contribution in [-0.4, -0.2) is 53.3 Å². The van der Waals surface area contributed by atoms with Crippen LogP contribution in [-0.2, 0) is 9.59 Å². The molecule has 1 aromatic heterocycles. The first-order valence-corrected chi connectivity index (χ1v) is 13.8. The molecule has 0 aliphatic heterocycles. The number of rotatable bonds is 12. The summed E-state index contributed by atoms with van der Waals surface area (Å²) in [6, 6.07) is 2.91. The summed E-state index contributed by atoms with van der Waals surface area (Å²) in [6.45, 7) is 3.63. The molecule has 2 saturated carbocycles. The molecule has 41 heavy (non-hydrogen) atoms. The van der Waals surface area contributed by atoms with E-state index < -0.39 is 48.2 Å². The number of hydrogen-bond donors (Lipinski definition) is 4. The van der Waals surface area contributed by atoms with Crippen LogP contribution >= 0.6 is 0 Å². The molecule has 9 nitrogen and oxygen atoms in total. The van der Waals surface area contributed by atoms with Gasteiger partial charge in [0.25, 0.3) is 5.91 Å². The number of aromatic nitrogens is 2. The van der Waals surface area contributed by atoms with E-state index in [0.29, 0.717) is 5.69 Å². The van der Waals surface area contributed by atoms with Crippen molar-refractivity contribution in [3.05, 3.63) is 41.5 Å². The van der Waals surface area contributed by atoms with Gasteiger partial charge in [-0.1, -0.05) is 0 Å². The van der Waals surface area contributed by atoms with E-state index in [1.807, 2.05) is 19.2 Å². The molecule has 2 unspecified atom stereocenters. The molecule has 4 rings (SSSR count). The van der Waals surface area contributed by atoms with Crippen molar-refractivity contribution in [1.82, 2.24) is 20.4 Å². The summed E-state index contributed by atoms with van der Waals surface area (Å²) >= 11 is 0. The number of hydrogen-bond acceptors (Lipinski definition) is 5. The van der Waals surface area contributed by atoms with Crippen LogP contribution in [0, 0.1) is 23.6 Å². The second kappa shape index (κ2) is 12.1. The first-order valence-electron chi connectivity index (χ1n) is 13.8. The number of carbonyl (C=O) groups excluding carboxylic acids is 3. The fourth-order valence-corrected chi connectivity index (χ4v) is 5.30. The van der Waals surface area contributed by atoms with E-state index in [4.69, 9.17) is 0 Å². The van der Waals surface area contributed by atoms with Gasteiger partial charge in [-0.3, -0.25) is 19.1 Å². The third-order valence-electron chi connectivity index (χ3n) is 7.67. The van der Waals surface area contributed by atoms with Crippen LogP contribution in [0.2, 0.25) is 0 Å². The van der Waals surface area contributed by atoms with Gasteiger partial charge in [0.2, 0.25) is 11.8 Å². The highest BCUT2D eigenvalue weighted by Crippen LogP contribution is 2.51. The van der Waals surface area contributed by atoms with Gasteiger partial charge in [-0.15, -0.1) is 0 Å². The molecule has 3 amide bonds. The first-order chi connectivity index (χ1) is 19.3. The van der Waals surface area contributed by atoms with Crippen LogP contribution < -0.4 is 21.3 Å². The van der Waals surface area contributed by atoms with E-state index in [-0.39, 0.29) is 40.7 Å². The maximum atomic E-state index is 15.3. The summed E-state index contributed by atoms with van der Waals surface area (Å²) in [5, 5.41) is 14.4. The Bertz CT molecular complexity index is 1270. The molecule has 2 fully saturated rings. The van der Waals surface area contributed by atoms with E-state index in [9.17, 15) is 27.6 Å². The van der Waals surface area contributed by atoms with Crippen molar-refractivity contribution in [3.8, 4) is 0 Å². The SMILES string of the molecule is CNc1cc(NC(=O)C(NC(=O)c2ccnn2C(C)C)C(C2CC2)C2CC2)c(F)cc1C(C)C(=O)NCC(F)(F)F. The highest BCUT2D eigenvalue weighted by molar-refractivity contribution is 6.01. The largest absolute Gasteiger partial charge is 0.405 e. The van der Waals surface area contributed by atoms with Crippen LogP contribution in [0.25, 0.3) is 0 Å². The number of halogens is 4. The summed E-state index contributed by atoms with van der Waals surface area (Å²) in [4.78, 5) is 39.3. The maximum absolute atomic E-state index is 15.3.